The molecule has 36 heavy (non-hydrogen) atoms. The van der Waals surface area contributed by atoms with E-state index in [-0.39, 0.29) is 11.9 Å². The van der Waals surface area contributed by atoms with E-state index in [9.17, 15) is 4.79 Å². The molecule has 0 aliphatic rings. The van der Waals surface area contributed by atoms with Crippen molar-refractivity contribution in [1.29, 1.82) is 0 Å². The van der Waals surface area contributed by atoms with Crippen LogP contribution in [-0.2, 0) is 22.5 Å². The summed E-state index contributed by atoms with van der Waals surface area (Å²) in [5, 5.41) is 17.6. The average molecular weight is 495 g/mol. The molecule has 0 amide bonds. The second-order valence-corrected chi connectivity index (χ2v) is 9.39. The van der Waals surface area contributed by atoms with Crippen molar-refractivity contribution in [3.63, 3.8) is 0 Å². The summed E-state index contributed by atoms with van der Waals surface area (Å²) in [6.45, 7) is 9.91. The van der Waals surface area contributed by atoms with E-state index in [4.69, 9.17) is 14.2 Å². The number of nitrogens with one attached hydrogen (secondary N) is 2. The Kier molecular flexibility index (Phi) is 8.99. The van der Waals surface area contributed by atoms with Crippen molar-refractivity contribution in [2.45, 2.75) is 51.7 Å². The normalized spacial score (nSPS) is 12.9. The molecule has 0 unspecified atom stereocenters. The number of aromatic amines is 1. The van der Waals surface area contributed by atoms with Crippen LogP contribution in [-0.4, -0.2) is 51.4 Å². The van der Waals surface area contributed by atoms with Crippen molar-refractivity contribution in [2.24, 2.45) is 5.92 Å². The Morgan fingerprint density at radius 3 is 2.39 bits per heavy atom. The number of hydrogen-bond acceptors (Lipinski definition) is 9. The molecule has 0 saturated carbocycles. The van der Waals surface area contributed by atoms with Gasteiger partial charge < -0.3 is 19.5 Å². The van der Waals surface area contributed by atoms with Crippen LogP contribution in [0.4, 0.5) is 5.82 Å². The summed E-state index contributed by atoms with van der Waals surface area (Å²) in [5.74, 6) is 1.52. The minimum Gasteiger partial charge on any atom is -0.497 e. The average Bonchev–Trinajstić information content (AvgIpc) is 3.39. The highest BCUT2D eigenvalue weighted by atomic mass is 16.6. The largest absolute Gasteiger partial charge is 0.497 e. The van der Waals surface area contributed by atoms with Gasteiger partial charge in [0.25, 0.3) is 0 Å². The lowest BCUT2D eigenvalue weighted by Crippen LogP contribution is -2.32. The molecule has 0 aliphatic heterocycles. The number of anilines is 1. The zero-order valence-electron chi connectivity index (χ0n) is 21.4. The number of carbonyl (C=O) groups is 1. The zero-order chi connectivity index (χ0) is 26.1. The number of tetrazole rings is 1. The first-order valence-corrected chi connectivity index (χ1v) is 11.7. The molecule has 3 aromatic rings. The molecule has 10 heteroatoms. The van der Waals surface area contributed by atoms with Gasteiger partial charge in [-0.05, 0) is 73.4 Å². The lowest BCUT2D eigenvalue weighted by Gasteiger charge is -2.27. The lowest BCUT2D eigenvalue weighted by atomic mass is 9.84. The molecule has 3 rings (SSSR count). The smallest absolute Gasteiger partial charge is 0.310 e. The minimum atomic E-state index is -0.609. The van der Waals surface area contributed by atoms with Gasteiger partial charge >= 0.3 is 5.97 Å². The first kappa shape index (κ1) is 26.7. The van der Waals surface area contributed by atoms with Crippen LogP contribution in [0.15, 0.2) is 49.2 Å². The maximum atomic E-state index is 13.0. The fraction of sp³-hybridized carbons (Fsp3) is 0.423. The molecule has 0 spiro atoms. The first-order chi connectivity index (χ1) is 17.2. The first-order valence-electron chi connectivity index (χ1n) is 11.7. The molecule has 0 radical (unpaired) electrons. The fourth-order valence-corrected chi connectivity index (χ4v) is 3.80. The van der Waals surface area contributed by atoms with E-state index in [1.54, 1.807) is 26.5 Å². The third kappa shape index (κ3) is 7.53. The van der Waals surface area contributed by atoms with E-state index in [1.807, 2.05) is 51.1 Å². The molecule has 0 fully saturated rings. The Bertz CT molecular complexity index is 1100. The van der Waals surface area contributed by atoms with E-state index in [0.717, 1.165) is 22.6 Å². The van der Waals surface area contributed by atoms with Crippen LogP contribution in [0.25, 0.3) is 0 Å². The second-order valence-electron chi connectivity index (χ2n) is 9.39. The summed E-state index contributed by atoms with van der Waals surface area (Å²) < 4.78 is 16.3. The number of allylic oxidation sites excluding steroid dienone is 1. The lowest BCUT2D eigenvalue weighted by molar-refractivity contribution is -0.160. The Morgan fingerprint density at radius 2 is 1.86 bits per heavy atom. The van der Waals surface area contributed by atoms with Gasteiger partial charge in [0.2, 0.25) is 0 Å². The van der Waals surface area contributed by atoms with Crippen molar-refractivity contribution in [1.82, 2.24) is 25.6 Å². The number of H-pyrrole nitrogens is 1. The van der Waals surface area contributed by atoms with E-state index in [2.05, 4.69) is 37.5 Å². The van der Waals surface area contributed by atoms with Gasteiger partial charge in [0, 0.05) is 24.7 Å². The predicted molar refractivity (Wildman–Crippen MR) is 136 cm³/mol. The molecule has 0 bridgehead atoms. The summed E-state index contributed by atoms with van der Waals surface area (Å²) in [7, 11) is 3.24. The molecule has 2 aromatic heterocycles. The summed E-state index contributed by atoms with van der Waals surface area (Å²) >= 11 is 0. The standard InChI is InChI=1S/C26H34N6O4/c1-7-8-21(25(33)36-26(2,3)4)22(24-29-31-32-30-24)13-17-9-10-23(27-15-17)28-16-18-11-19(34-5)14-20(12-18)35-6/h7,9-12,14-15,21-22H,1,8,13,16H2,2-6H3,(H,27,28)(H,29,30,31,32)/t21-,22-/m0/s1. The highest BCUT2D eigenvalue weighted by Gasteiger charge is 2.34. The maximum absolute atomic E-state index is 13.0. The van der Waals surface area contributed by atoms with Crippen LogP contribution < -0.4 is 14.8 Å². The summed E-state index contributed by atoms with van der Waals surface area (Å²) in [5.41, 5.74) is 1.32. The number of ether oxygens (including phenoxy) is 3. The van der Waals surface area contributed by atoms with Crippen molar-refractivity contribution in [2.75, 3.05) is 19.5 Å². The third-order valence-corrected chi connectivity index (χ3v) is 5.49. The van der Waals surface area contributed by atoms with Crippen LogP contribution >= 0.6 is 0 Å². The second kappa shape index (κ2) is 12.1. The number of esters is 1. The number of nitrogens with zero attached hydrogens (tertiary/aromatic N) is 4. The molecule has 2 atom stereocenters. The number of pyridine rings is 1. The highest BCUT2D eigenvalue weighted by molar-refractivity contribution is 5.74. The quantitative estimate of drug-likeness (QED) is 0.283. The molecule has 192 valence electrons. The maximum Gasteiger partial charge on any atom is 0.310 e. The molecular formula is C26H34N6O4. The molecule has 2 heterocycles. The van der Waals surface area contributed by atoms with Crippen LogP contribution in [0.3, 0.4) is 0 Å². The van der Waals surface area contributed by atoms with Gasteiger partial charge in [0.05, 0.1) is 20.1 Å². The van der Waals surface area contributed by atoms with Crippen LogP contribution in [0.1, 0.15) is 50.1 Å². The van der Waals surface area contributed by atoms with Crippen LogP contribution in [0.2, 0.25) is 0 Å². The van der Waals surface area contributed by atoms with Gasteiger partial charge in [-0.1, -0.05) is 12.1 Å². The van der Waals surface area contributed by atoms with Crippen LogP contribution in [0, 0.1) is 5.92 Å². The molecule has 0 saturated heterocycles. The third-order valence-electron chi connectivity index (χ3n) is 5.49. The minimum absolute atomic E-state index is 0.316. The van der Waals surface area contributed by atoms with E-state index in [0.29, 0.717) is 31.0 Å². The predicted octanol–water partition coefficient (Wildman–Crippen LogP) is 4.08. The number of benzene rings is 1. The van der Waals surface area contributed by atoms with Gasteiger partial charge in [-0.2, -0.15) is 0 Å². The molecule has 2 N–H and O–H groups in total. The Labute approximate surface area is 211 Å². The SMILES string of the molecule is C=CC[C@H](C(=O)OC(C)(C)C)[C@H](Cc1ccc(NCc2cc(OC)cc(OC)c2)nc1)c1nnn[nH]1. The topological polar surface area (TPSA) is 124 Å². The van der Waals surface area contributed by atoms with Gasteiger partial charge in [0.15, 0.2) is 5.82 Å². The van der Waals surface area contributed by atoms with E-state index >= 15 is 0 Å². The summed E-state index contributed by atoms with van der Waals surface area (Å²) in [6, 6.07) is 9.58. The number of hydrogen-bond donors (Lipinski definition) is 2. The fourth-order valence-electron chi connectivity index (χ4n) is 3.80. The van der Waals surface area contributed by atoms with Gasteiger partial charge in [-0.25, -0.2) is 10.1 Å². The monoisotopic (exact) mass is 494 g/mol. The summed E-state index contributed by atoms with van der Waals surface area (Å²) in [6.07, 6.45) is 4.42. The van der Waals surface area contributed by atoms with E-state index < -0.39 is 11.5 Å². The van der Waals surface area contributed by atoms with Crippen molar-refractivity contribution in [3.8, 4) is 11.5 Å². The molecular weight excluding hydrogens is 460 g/mol. The molecule has 1 aromatic carbocycles. The van der Waals surface area contributed by atoms with Crippen molar-refractivity contribution < 1.29 is 19.0 Å². The molecule has 0 aliphatic carbocycles. The molecule has 10 nitrogen and oxygen atoms in total. The van der Waals surface area contributed by atoms with Gasteiger partial charge in [-0.3, -0.25) is 4.79 Å². The number of methoxy groups -OCH3 is 2. The summed E-state index contributed by atoms with van der Waals surface area (Å²) in [4.78, 5) is 17.6. The van der Waals surface area contributed by atoms with E-state index in [1.165, 1.54) is 0 Å². The van der Waals surface area contributed by atoms with Gasteiger partial charge in [0.1, 0.15) is 22.9 Å². The number of aromatic nitrogens is 5. The Hall–Kier alpha value is -3.95. The van der Waals surface area contributed by atoms with Crippen molar-refractivity contribution >= 4 is 11.8 Å². The number of rotatable bonds is 12. The Morgan fingerprint density at radius 1 is 1.14 bits per heavy atom. The highest BCUT2D eigenvalue weighted by Crippen LogP contribution is 2.31. The Balaban J connectivity index is 1.74. The van der Waals surface area contributed by atoms with Gasteiger partial charge in [-0.15, -0.1) is 11.7 Å². The van der Waals surface area contributed by atoms with Crippen LogP contribution in [0.5, 0.6) is 11.5 Å². The number of carbonyl (C=O) groups excluding carboxylic acids is 1. The zero-order valence-corrected chi connectivity index (χ0v) is 21.4. The van der Waals surface area contributed by atoms with Crippen molar-refractivity contribution in [3.05, 3.63) is 66.1 Å².